The summed E-state index contributed by atoms with van der Waals surface area (Å²) < 4.78 is 12.7. The summed E-state index contributed by atoms with van der Waals surface area (Å²) in [6, 6.07) is 21.6. The van der Waals surface area contributed by atoms with Gasteiger partial charge in [-0.3, -0.25) is 14.5 Å². The van der Waals surface area contributed by atoms with Gasteiger partial charge in [0.05, 0.1) is 11.0 Å². The van der Waals surface area contributed by atoms with Gasteiger partial charge in [-0.15, -0.1) is 0 Å². The third-order valence-electron chi connectivity index (χ3n) is 6.40. The Labute approximate surface area is 216 Å². The lowest BCUT2D eigenvalue weighted by Crippen LogP contribution is -2.23. The first-order valence-corrected chi connectivity index (χ1v) is 11.8. The third kappa shape index (κ3) is 3.68. The highest BCUT2D eigenvalue weighted by molar-refractivity contribution is 7.80. The van der Waals surface area contributed by atoms with Crippen molar-refractivity contribution in [1.82, 2.24) is 14.4 Å². The van der Waals surface area contributed by atoms with Crippen LogP contribution in [0.3, 0.4) is 0 Å². The second-order valence-electron chi connectivity index (χ2n) is 8.71. The van der Waals surface area contributed by atoms with Gasteiger partial charge < -0.3 is 14.0 Å². The fourth-order valence-electron chi connectivity index (χ4n) is 4.49. The molecule has 3 aromatic carbocycles. The van der Waals surface area contributed by atoms with Crippen molar-refractivity contribution < 1.29 is 23.9 Å². The minimum Gasteiger partial charge on any atom is -0.426 e. The predicted molar refractivity (Wildman–Crippen MR) is 142 cm³/mol. The molecule has 0 radical (unpaired) electrons. The van der Waals surface area contributed by atoms with E-state index in [1.54, 1.807) is 19.2 Å². The minimum absolute atomic E-state index is 0.0268. The number of aromatic nitrogens is 1. The number of fused-ring (bicyclic) bond motifs is 3. The van der Waals surface area contributed by atoms with Gasteiger partial charge in [-0.2, -0.15) is 0 Å². The Morgan fingerprint density at radius 2 is 1.24 bits per heavy atom. The van der Waals surface area contributed by atoms with Crippen molar-refractivity contribution in [3.8, 4) is 5.69 Å². The van der Waals surface area contributed by atoms with Gasteiger partial charge in [-0.25, -0.2) is 9.69 Å². The van der Waals surface area contributed by atoms with Crippen LogP contribution in [-0.2, 0) is 19.1 Å². The van der Waals surface area contributed by atoms with Crippen LogP contribution in [0.1, 0.15) is 11.1 Å². The van der Waals surface area contributed by atoms with Crippen LogP contribution in [-0.4, -0.2) is 51.5 Å². The number of carbonyl (C=O) groups is 3. The lowest BCUT2D eigenvalue weighted by atomic mass is 10.1. The van der Waals surface area contributed by atoms with Crippen molar-refractivity contribution in [3.63, 3.8) is 0 Å². The van der Waals surface area contributed by atoms with Crippen molar-refractivity contribution in [2.24, 2.45) is 0 Å². The standard InChI is InChI=1S/C28H19N3O5S/c1-29-25(32)23(35-27(29)34)14-16-8-10-21-19(12-16)20-13-17(15-24-26(33)30(2)28(37)36-24)9-11-22(20)31(21)18-6-4-3-5-7-18/h3-15H,1-2H3. The number of thiocarbonyl (C=S) groups is 1. The number of amides is 3. The summed E-state index contributed by atoms with van der Waals surface area (Å²) in [7, 11) is 2.95. The number of carbonyl (C=O) groups excluding carboxylic acids is 3. The van der Waals surface area contributed by atoms with E-state index in [1.807, 2.05) is 66.7 Å². The molecule has 0 bridgehead atoms. The number of hydrogen-bond donors (Lipinski definition) is 0. The first-order valence-electron chi connectivity index (χ1n) is 11.4. The zero-order valence-electron chi connectivity index (χ0n) is 19.8. The highest BCUT2D eigenvalue weighted by atomic mass is 32.1. The van der Waals surface area contributed by atoms with E-state index in [0.29, 0.717) is 5.56 Å². The Bertz CT molecular complexity index is 1630. The zero-order chi connectivity index (χ0) is 25.8. The fourth-order valence-corrected chi connectivity index (χ4v) is 4.66. The lowest BCUT2D eigenvalue weighted by Gasteiger charge is -2.07. The molecule has 1 aromatic heterocycles. The highest BCUT2D eigenvalue weighted by Crippen LogP contribution is 2.34. The minimum atomic E-state index is -0.704. The first-order chi connectivity index (χ1) is 17.8. The smallest absolute Gasteiger partial charge is 0.422 e. The van der Waals surface area contributed by atoms with Crippen LogP contribution >= 0.6 is 12.2 Å². The van der Waals surface area contributed by atoms with Gasteiger partial charge in [0.25, 0.3) is 17.0 Å². The first kappa shape index (κ1) is 22.7. The van der Waals surface area contributed by atoms with Gasteiger partial charge >= 0.3 is 6.09 Å². The van der Waals surface area contributed by atoms with Crippen LogP contribution < -0.4 is 0 Å². The summed E-state index contributed by atoms with van der Waals surface area (Å²) in [6.07, 6.45) is 2.52. The molecule has 2 saturated heterocycles. The van der Waals surface area contributed by atoms with Crippen LogP contribution in [0.25, 0.3) is 39.6 Å². The summed E-state index contributed by atoms with van der Waals surface area (Å²) in [6.45, 7) is 0. The molecule has 0 unspecified atom stereocenters. The molecule has 0 spiro atoms. The Morgan fingerprint density at radius 3 is 1.73 bits per heavy atom. The van der Waals surface area contributed by atoms with Gasteiger partial charge in [0.1, 0.15) is 0 Å². The van der Waals surface area contributed by atoms with Crippen molar-refractivity contribution in [3.05, 3.63) is 89.4 Å². The summed E-state index contributed by atoms with van der Waals surface area (Å²) in [5.74, 6) is -0.655. The molecular weight excluding hydrogens is 490 g/mol. The van der Waals surface area contributed by atoms with E-state index in [9.17, 15) is 14.4 Å². The molecule has 3 heterocycles. The monoisotopic (exact) mass is 509 g/mol. The normalized spacial score (nSPS) is 18.1. The van der Waals surface area contributed by atoms with E-state index in [1.165, 1.54) is 11.9 Å². The maximum absolute atomic E-state index is 12.4. The molecule has 3 amide bonds. The molecule has 6 rings (SSSR count). The molecule has 2 fully saturated rings. The summed E-state index contributed by atoms with van der Waals surface area (Å²) in [5, 5.41) is 1.97. The van der Waals surface area contributed by atoms with E-state index in [-0.39, 0.29) is 22.6 Å². The van der Waals surface area contributed by atoms with Crippen molar-refractivity contribution in [2.75, 3.05) is 14.1 Å². The number of imide groups is 1. The van der Waals surface area contributed by atoms with Gasteiger partial charge in [0, 0.05) is 30.6 Å². The van der Waals surface area contributed by atoms with Crippen LogP contribution in [0.2, 0.25) is 0 Å². The molecule has 0 atom stereocenters. The summed E-state index contributed by atoms with van der Waals surface area (Å²) >= 11 is 5.08. The Kier molecular flexibility index (Phi) is 5.16. The number of rotatable bonds is 3. The maximum Gasteiger partial charge on any atom is 0.422 e. The molecule has 182 valence electrons. The molecule has 9 heteroatoms. The fraction of sp³-hybridized carbons (Fsp3) is 0.0714. The van der Waals surface area contributed by atoms with Gasteiger partial charge in [0.15, 0.2) is 11.5 Å². The number of nitrogens with zero attached hydrogens (tertiary/aromatic N) is 3. The van der Waals surface area contributed by atoms with Crippen LogP contribution in [0.4, 0.5) is 4.79 Å². The second kappa shape index (κ2) is 8.42. The highest BCUT2D eigenvalue weighted by Gasteiger charge is 2.33. The molecule has 37 heavy (non-hydrogen) atoms. The second-order valence-corrected chi connectivity index (χ2v) is 9.05. The van der Waals surface area contributed by atoms with E-state index in [2.05, 4.69) is 4.57 Å². The number of hydrogen-bond acceptors (Lipinski definition) is 6. The Morgan fingerprint density at radius 1 is 0.703 bits per heavy atom. The van der Waals surface area contributed by atoms with E-state index in [4.69, 9.17) is 21.7 Å². The molecular formula is C28H19N3O5S. The molecule has 0 saturated carbocycles. The molecule has 0 N–H and O–H groups in total. The number of para-hydroxylation sites is 1. The van der Waals surface area contributed by atoms with E-state index in [0.717, 1.165) is 38.0 Å². The molecule has 4 aromatic rings. The average molecular weight is 510 g/mol. The van der Waals surface area contributed by atoms with E-state index < -0.39 is 12.0 Å². The summed E-state index contributed by atoms with van der Waals surface area (Å²) in [5.41, 5.74) is 4.38. The quantitative estimate of drug-likeness (QED) is 0.290. The molecule has 2 aliphatic heterocycles. The van der Waals surface area contributed by atoms with Crippen molar-refractivity contribution >= 4 is 69.3 Å². The zero-order valence-corrected chi connectivity index (χ0v) is 20.6. The molecule has 2 aliphatic rings. The van der Waals surface area contributed by atoms with Gasteiger partial charge in [-0.05, 0) is 71.9 Å². The number of likely N-dealkylation sites (N-methyl/N-ethyl adjacent to an activating group) is 2. The summed E-state index contributed by atoms with van der Waals surface area (Å²) in [4.78, 5) is 38.7. The SMILES string of the molecule is CN1C(=O)OC(=Cc2ccc3c(c2)c2cc(C=C4OC(=S)N(C)C4=O)ccc2n3-c2ccccc2)C1=O. The van der Waals surface area contributed by atoms with Crippen LogP contribution in [0.15, 0.2) is 78.2 Å². The predicted octanol–water partition coefficient (Wildman–Crippen LogP) is 4.85. The maximum atomic E-state index is 12.4. The molecule has 0 aliphatic carbocycles. The van der Waals surface area contributed by atoms with E-state index >= 15 is 0 Å². The average Bonchev–Trinajstić information content (AvgIpc) is 3.45. The number of cyclic esters (lactones) is 1. The Balaban J connectivity index is 1.54. The lowest BCUT2D eigenvalue weighted by molar-refractivity contribution is -0.122. The van der Waals surface area contributed by atoms with Crippen molar-refractivity contribution in [1.29, 1.82) is 0 Å². The van der Waals surface area contributed by atoms with Crippen LogP contribution in [0.5, 0.6) is 0 Å². The van der Waals surface area contributed by atoms with Crippen LogP contribution in [0, 0.1) is 0 Å². The topological polar surface area (TPSA) is 81.1 Å². The van der Waals surface area contributed by atoms with Crippen molar-refractivity contribution in [2.45, 2.75) is 0 Å². The largest absolute Gasteiger partial charge is 0.426 e. The number of benzene rings is 3. The van der Waals surface area contributed by atoms with Gasteiger partial charge in [0.2, 0.25) is 0 Å². The number of ether oxygens (including phenoxy) is 2. The third-order valence-corrected chi connectivity index (χ3v) is 6.75. The Hall–Kier alpha value is -4.76. The van der Waals surface area contributed by atoms with Gasteiger partial charge in [-0.1, -0.05) is 30.3 Å². The molecule has 8 nitrogen and oxygen atoms in total.